The van der Waals surface area contributed by atoms with E-state index in [2.05, 4.69) is 22.4 Å². The van der Waals surface area contributed by atoms with Crippen molar-refractivity contribution in [2.45, 2.75) is 62.0 Å². The highest BCUT2D eigenvalue weighted by Gasteiger charge is 2.33. The maximum absolute atomic E-state index is 5.55. The molecule has 1 N–H and O–H groups in total. The van der Waals surface area contributed by atoms with E-state index in [0.29, 0.717) is 12.0 Å². The van der Waals surface area contributed by atoms with Gasteiger partial charge >= 0.3 is 0 Å². The number of thioether (sulfide) groups is 2. The molecule has 1 saturated heterocycles. The molecule has 2 atom stereocenters. The standard InChI is InChI=1S/C15H25N3OS2/c1-2-7-16-13-9-20-8-12(13)15-17-14(18-19-15)10-21-11-5-3-4-6-11/h11-13,16H,2-10H2,1H3. The molecule has 0 amide bonds. The lowest BCUT2D eigenvalue weighted by Gasteiger charge is -2.16. The fourth-order valence-corrected chi connectivity index (χ4v) is 5.59. The van der Waals surface area contributed by atoms with E-state index >= 15 is 0 Å². The molecule has 0 spiro atoms. The van der Waals surface area contributed by atoms with Crippen molar-refractivity contribution in [2.75, 3.05) is 18.1 Å². The van der Waals surface area contributed by atoms with Crippen LogP contribution in [0.2, 0.25) is 0 Å². The molecule has 4 nitrogen and oxygen atoms in total. The maximum Gasteiger partial charge on any atom is 0.232 e. The molecule has 2 heterocycles. The first-order chi connectivity index (χ1) is 10.4. The van der Waals surface area contributed by atoms with Crippen LogP contribution in [0.5, 0.6) is 0 Å². The van der Waals surface area contributed by atoms with Gasteiger partial charge in [-0.3, -0.25) is 0 Å². The molecule has 118 valence electrons. The van der Waals surface area contributed by atoms with Crippen molar-refractivity contribution in [3.05, 3.63) is 11.7 Å². The Morgan fingerprint density at radius 1 is 1.33 bits per heavy atom. The Hall–Kier alpha value is -0.200. The minimum absolute atomic E-state index is 0.388. The lowest BCUT2D eigenvalue weighted by Crippen LogP contribution is -2.34. The predicted molar refractivity (Wildman–Crippen MR) is 90.0 cm³/mol. The van der Waals surface area contributed by atoms with Crippen LogP contribution in [0.15, 0.2) is 4.52 Å². The summed E-state index contributed by atoms with van der Waals surface area (Å²) < 4.78 is 5.55. The monoisotopic (exact) mass is 327 g/mol. The lowest BCUT2D eigenvalue weighted by molar-refractivity contribution is 0.337. The van der Waals surface area contributed by atoms with Crippen molar-refractivity contribution in [3.63, 3.8) is 0 Å². The molecular formula is C15H25N3OS2. The highest BCUT2D eigenvalue weighted by Crippen LogP contribution is 2.34. The van der Waals surface area contributed by atoms with E-state index in [4.69, 9.17) is 4.52 Å². The van der Waals surface area contributed by atoms with Gasteiger partial charge in [0, 0.05) is 22.8 Å². The zero-order valence-corrected chi connectivity index (χ0v) is 14.3. The Labute approximate surface area is 135 Å². The summed E-state index contributed by atoms with van der Waals surface area (Å²) >= 11 is 3.98. The summed E-state index contributed by atoms with van der Waals surface area (Å²) in [4.78, 5) is 4.66. The minimum atomic E-state index is 0.388. The van der Waals surface area contributed by atoms with Gasteiger partial charge in [-0.2, -0.15) is 28.5 Å². The number of hydrogen-bond donors (Lipinski definition) is 1. The minimum Gasteiger partial charge on any atom is -0.339 e. The van der Waals surface area contributed by atoms with Crippen LogP contribution >= 0.6 is 23.5 Å². The average Bonchev–Trinajstić information content (AvgIpc) is 3.22. The molecule has 0 aromatic carbocycles. The normalized spacial score (nSPS) is 26.7. The number of aromatic nitrogens is 2. The number of nitrogens with one attached hydrogen (secondary N) is 1. The summed E-state index contributed by atoms with van der Waals surface area (Å²) in [5.74, 6) is 5.27. The fraction of sp³-hybridized carbons (Fsp3) is 0.867. The van der Waals surface area contributed by atoms with E-state index in [-0.39, 0.29) is 0 Å². The third-order valence-corrected chi connectivity index (χ3v) is 6.85. The first kappa shape index (κ1) is 15.7. The molecule has 1 aliphatic heterocycles. The smallest absolute Gasteiger partial charge is 0.232 e. The van der Waals surface area contributed by atoms with Crippen LogP contribution in [-0.4, -0.2) is 39.5 Å². The Morgan fingerprint density at radius 2 is 2.19 bits per heavy atom. The zero-order valence-electron chi connectivity index (χ0n) is 12.7. The van der Waals surface area contributed by atoms with Gasteiger partial charge in [0.15, 0.2) is 5.82 Å². The van der Waals surface area contributed by atoms with Crippen LogP contribution in [0.4, 0.5) is 0 Å². The summed E-state index contributed by atoms with van der Waals surface area (Å²) in [6.45, 7) is 3.27. The van der Waals surface area contributed by atoms with Crippen LogP contribution < -0.4 is 5.32 Å². The van der Waals surface area contributed by atoms with E-state index < -0.39 is 0 Å². The van der Waals surface area contributed by atoms with Gasteiger partial charge in [-0.1, -0.05) is 24.9 Å². The zero-order chi connectivity index (χ0) is 14.5. The average molecular weight is 328 g/mol. The first-order valence-electron chi connectivity index (χ1n) is 8.12. The van der Waals surface area contributed by atoms with E-state index in [0.717, 1.165) is 40.8 Å². The van der Waals surface area contributed by atoms with Crippen molar-refractivity contribution < 1.29 is 4.52 Å². The van der Waals surface area contributed by atoms with Gasteiger partial charge in [-0.05, 0) is 25.8 Å². The Balaban J connectivity index is 1.53. The second kappa shape index (κ2) is 7.88. The van der Waals surface area contributed by atoms with Gasteiger partial charge in [0.25, 0.3) is 0 Å². The predicted octanol–water partition coefficient (Wildman–Crippen LogP) is 3.44. The summed E-state index contributed by atoms with van der Waals surface area (Å²) in [6, 6.07) is 0.491. The van der Waals surface area contributed by atoms with Crippen LogP contribution in [-0.2, 0) is 5.75 Å². The largest absolute Gasteiger partial charge is 0.339 e. The van der Waals surface area contributed by atoms with Crippen molar-refractivity contribution in [1.82, 2.24) is 15.5 Å². The van der Waals surface area contributed by atoms with Crippen LogP contribution in [0, 0.1) is 0 Å². The summed E-state index contributed by atoms with van der Waals surface area (Å²) in [6.07, 6.45) is 6.66. The Morgan fingerprint density at radius 3 is 3.00 bits per heavy atom. The van der Waals surface area contributed by atoms with Crippen molar-refractivity contribution >= 4 is 23.5 Å². The van der Waals surface area contributed by atoms with Crippen LogP contribution in [0.3, 0.4) is 0 Å². The van der Waals surface area contributed by atoms with Gasteiger partial charge in [0.05, 0.1) is 11.7 Å². The van der Waals surface area contributed by atoms with Gasteiger partial charge in [-0.15, -0.1) is 0 Å². The molecule has 1 saturated carbocycles. The second-order valence-electron chi connectivity index (χ2n) is 5.97. The second-order valence-corrected chi connectivity index (χ2v) is 8.33. The topological polar surface area (TPSA) is 51.0 Å². The quantitative estimate of drug-likeness (QED) is 0.828. The van der Waals surface area contributed by atoms with E-state index in [1.54, 1.807) is 0 Å². The van der Waals surface area contributed by atoms with Crippen molar-refractivity contribution in [3.8, 4) is 0 Å². The maximum atomic E-state index is 5.55. The van der Waals surface area contributed by atoms with E-state index in [9.17, 15) is 0 Å². The highest BCUT2D eigenvalue weighted by molar-refractivity contribution is 7.99. The van der Waals surface area contributed by atoms with Crippen molar-refractivity contribution in [2.24, 2.45) is 0 Å². The molecule has 6 heteroatoms. The van der Waals surface area contributed by atoms with Gasteiger partial charge < -0.3 is 9.84 Å². The molecule has 0 bridgehead atoms. The molecule has 2 unspecified atom stereocenters. The molecule has 1 aliphatic carbocycles. The van der Waals surface area contributed by atoms with Gasteiger partial charge in [0.2, 0.25) is 5.89 Å². The van der Waals surface area contributed by atoms with Crippen LogP contribution in [0.1, 0.15) is 56.7 Å². The Kier molecular flexibility index (Phi) is 5.89. The fourth-order valence-electron chi connectivity index (χ4n) is 3.05. The van der Waals surface area contributed by atoms with E-state index in [1.807, 2.05) is 23.5 Å². The molecule has 0 radical (unpaired) electrons. The summed E-state index contributed by atoms with van der Waals surface area (Å²) in [7, 11) is 0. The van der Waals surface area contributed by atoms with Crippen LogP contribution in [0.25, 0.3) is 0 Å². The molecular weight excluding hydrogens is 302 g/mol. The molecule has 1 aromatic heterocycles. The first-order valence-corrected chi connectivity index (χ1v) is 10.3. The number of hydrogen-bond acceptors (Lipinski definition) is 6. The third-order valence-electron chi connectivity index (χ3n) is 4.29. The SMILES string of the molecule is CCCNC1CSCC1c1nc(CSC2CCCC2)no1. The molecule has 1 aromatic rings. The lowest BCUT2D eigenvalue weighted by atomic mass is 10.0. The number of rotatable bonds is 7. The number of nitrogens with zero attached hydrogens (tertiary/aromatic N) is 2. The third kappa shape index (κ3) is 4.17. The molecule has 2 aliphatic rings. The summed E-state index contributed by atoms with van der Waals surface area (Å²) in [5, 5.41) is 8.62. The highest BCUT2D eigenvalue weighted by atomic mass is 32.2. The summed E-state index contributed by atoms with van der Waals surface area (Å²) in [5.41, 5.74) is 0. The molecule has 21 heavy (non-hydrogen) atoms. The molecule has 3 rings (SSSR count). The van der Waals surface area contributed by atoms with Crippen molar-refractivity contribution in [1.29, 1.82) is 0 Å². The Bertz CT molecular complexity index is 434. The van der Waals surface area contributed by atoms with Gasteiger partial charge in [-0.25, -0.2) is 0 Å². The van der Waals surface area contributed by atoms with Gasteiger partial charge in [0.1, 0.15) is 0 Å². The van der Waals surface area contributed by atoms with E-state index in [1.165, 1.54) is 32.1 Å². The molecule has 2 fully saturated rings.